The largest absolute Gasteiger partial charge is 0.411 e. The van der Waals surface area contributed by atoms with Crippen LogP contribution in [0.15, 0.2) is 0 Å². The minimum Gasteiger partial charge on any atom is -0.372 e. The van der Waals surface area contributed by atoms with Crippen molar-refractivity contribution in [3.8, 4) is 0 Å². The van der Waals surface area contributed by atoms with Gasteiger partial charge < -0.3 is 19.9 Å². The Morgan fingerprint density at radius 2 is 1.83 bits per heavy atom. The van der Waals surface area contributed by atoms with Crippen molar-refractivity contribution in [2.24, 2.45) is 0 Å². The van der Waals surface area contributed by atoms with Crippen molar-refractivity contribution < 1.29 is 22.7 Å². The number of hydrogen-bond donors (Lipinski definition) is 1. The predicted molar refractivity (Wildman–Crippen MR) is 86.1 cm³/mol. The molecule has 0 spiro atoms. The number of hydrogen-bond acceptors (Lipinski definition) is 4. The number of halogens is 3. The Bertz CT molecular complexity index is 359. The minimum atomic E-state index is -4.26. The monoisotopic (exact) mass is 354 g/mol. The van der Waals surface area contributed by atoms with E-state index in [4.69, 9.17) is 0 Å². The van der Waals surface area contributed by atoms with Gasteiger partial charge in [0.1, 0.15) is 6.61 Å². The van der Waals surface area contributed by atoms with Crippen LogP contribution in [0.3, 0.4) is 0 Å². The number of nitrogens with one attached hydrogen (secondary N) is 1. The Hall–Kier alpha value is -1.06. The van der Waals surface area contributed by atoms with E-state index in [2.05, 4.69) is 19.9 Å². The van der Waals surface area contributed by atoms with E-state index in [1.165, 1.54) is 0 Å². The zero-order valence-electron chi connectivity index (χ0n) is 14.6. The van der Waals surface area contributed by atoms with Crippen LogP contribution in [0.5, 0.6) is 0 Å². The van der Waals surface area contributed by atoms with Gasteiger partial charge in [-0.05, 0) is 33.5 Å². The summed E-state index contributed by atoms with van der Waals surface area (Å²) in [4.78, 5) is 18.0. The van der Waals surface area contributed by atoms with Crippen LogP contribution in [0.1, 0.15) is 12.8 Å². The Morgan fingerprint density at radius 3 is 2.42 bits per heavy atom. The molecular weight excluding hydrogens is 325 g/mol. The zero-order chi connectivity index (χ0) is 18.0. The molecule has 0 aliphatic carbocycles. The zero-order valence-corrected chi connectivity index (χ0v) is 14.6. The number of carbonyl (C=O) groups is 1. The third kappa shape index (κ3) is 9.94. The van der Waals surface area contributed by atoms with Crippen LogP contribution in [0.2, 0.25) is 0 Å². The first-order valence-corrected chi connectivity index (χ1v) is 8.32. The quantitative estimate of drug-likeness (QED) is 0.633. The second-order valence-electron chi connectivity index (χ2n) is 6.24. The van der Waals surface area contributed by atoms with Crippen molar-refractivity contribution in [1.29, 1.82) is 0 Å². The lowest BCUT2D eigenvalue weighted by molar-refractivity contribution is -0.174. The van der Waals surface area contributed by atoms with Crippen molar-refractivity contribution in [3.05, 3.63) is 0 Å². The maximum Gasteiger partial charge on any atom is 0.411 e. The van der Waals surface area contributed by atoms with Gasteiger partial charge in [0.2, 0.25) is 0 Å². The van der Waals surface area contributed by atoms with Crippen molar-refractivity contribution in [1.82, 2.24) is 20.0 Å². The molecule has 6 nitrogen and oxygen atoms in total. The van der Waals surface area contributed by atoms with E-state index in [-0.39, 0.29) is 12.6 Å². The van der Waals surface area contributed by atoms with Gasteiger partial charge in [-0.1, -0.05) is 0 Å². The molecule has 0 aromatic rings. The van der Waals surface area contributed by atoms with Crippen molar-refractivity contribution >= 4 is 6.03 Å². The lowest BCUT2D eigenvalue weighted by atomic mass is 10.3. The fourth-order valence-corrected chi connectivity index (χ4v) is 2.46. The molecule has 1 rings (SSSR count). The summed E-state index contributed by atoms with van der Waals surface area (Å²) < 4.78 is 40.4. The number of ether oxygens (including phenoxy) is 1. The van der Waals surface area contributed by atoms with Crippen LogP contribution in [0.4, 0.5) is 18.0 Å². The number of carbonyl (C=O) groups excluding carboxylic acids is 1. The Balaban J connectivity index is 2.05. The Labute approximate surface area is 141 Å². The average molecular weight is 354 g/mol. The van der Waals surface area contributed by atoms with Gasteiger partial charge in [-0.15, -0.1) is 0 Å². The standard InChI is InChI=1S/C15H29F3N4O2/c1-20(2)6-3-5-19-14(23)22-10-8-21(9-11-22)7-4-12-24-13-15(16,17)18/h3-13H2,1-2H3,(H,19,23). The summed E-state index contributed by atoms with van der Waals surface area (Å²) in [7, 11) is 3.99. The molecule has 1 saturated heterocycles. The molecule has 1 N–H and O–H groups in total. The molecule has 142 valence electrons. The van der Waals surface area contributed by atoms with Gasteiger partial charge in [0.25, 0.3) is 0 Å². The third-order valence-corrected chi connectivity index (χ3v) is 3.75. The van der Waals surface area contributed by atoms with Crippen LogP contribution < -0.4 is 5.32 Å². The normalized spacial score (nSPS) is 16.7. The lowest BCUT2D eigenvalue weighted by Gasteiger charge is -2.34. The summed E-state index contributed by atoms with van der Waals surface area (Å²) in [5.74, 6) is 0. The highest BCUT2D eigenvalue weighted by Gasteiger charge is 2.27. The molecule has 1 aliphatic heterocycles. The predicted octanol–water partition coefficient (Wildman–Crippen LogP) is 1.23. The molecule has 1 aliphatic rings. The summed E-state index contributed by atoms with van der Waals surface area (Å²) in [6.07, 6.45) is -2.78. The molecule has 0 atom stereocenters. The van der Waals surface area contributed by atoms with E-state index in [0.29, 0.717) is 32.6 Å². The fourth-order valence-electron chi connectivity index (χ4n) is 2.46. The Morgan fingerprint density at radius 1 is 1.17 bits per heavy atom. The van der Waals surface area contributed by atoms with Crippen molar-refractivity contribution in [2.75, 3.05) is 73.1 Å². The number of amides is 2. The summed E-state index contributed by atoms with van der Waals surface area (Å²) >= 11 is 0. The van der Waals surface area contributed by atoms with Gasteiger partial charge in [0, 0.05) is 45.9 Å². The molecule has 24 heavy (non-hydrogen) atoms. The summed E-state index contributed by atoms with van der Waals surface area (Å²) in [5, 5.41) is 2.91. The van der Waals surface area contributed by atoms with E-state index >= 15 is 0 Å². The van der Waals surface area contributed by atoms with E-state index < -0.39 is 12.8 Å². The number of urea groups is 1. The molecular formula is C15H29F3N4O2. The van der Waals surface area contributed by atoms with Crippen LogP contribution in [-0.4, -0.2) is 100 Å². The van der Waals surface area contributed by atoms with Crippen LogP contribution in [0.25, 0.3) is 0 Å². The topological polar surface area (TPSA) is 48.1 Å². The maximum absolute atomic E-state index is 12.0. The van der Waals surface area contributed by atoms with Crippen molar-refractivity contribution in [2.45, 2.75) is 19.0 Å². The first-order valence-electron chi connectivity index (χ1n) is 8.32. The highest BCUT2D eigenvalue weighted by Crippen LogP contribution is 2.14. The number of alkyl halides is 3. The molecule has 0 aromatic heterocycles. The first kappa shape index (κ1) is 21.0. The van der Waals surface area contributed by atoms with Gasteiger partial charge in [0.05, 0.1) is 0 Å². The molecule has 0 unspecified atom stereocenters. The first-order chi connectivity index (χ1) is 11.3. The fraction of sp³-hybridized carbons (Fsp3) is 0.933. The third-order valence-electron chi connectivity index (χ3n) is 3.75. The average Bonchev–Trinajstić information content (AvgIpc) is 2.50. The minimum absolute atomic E-state index is 0.0399. The molecule has 1 heterocycles. The van der Waals surface area contributed by atoms with E-state index in [0.717, 1.165) is 26.1 Å². The highest BCUT2D eigenvalue weighted by molar-refractivity contribution is 5.74. The second-order valence-corrected chi connectivity index (χ2v) is 6.24. The van der Waals surface area contributed by atoms with Crippen LogP contribution >= 0.6 is 0 Å². The molecule has 9 heteroatoms. The number of piperazine rings is 1. The number of rotatable bonds is 9. The van der Waals surface area contributed by atoms with E-state index in [1.807, 2.05) is 14.1 Å². The van der Waals surface area contributed by atoms with Crippen molar-refractivity contribution in [3.63, 3.8) is 0 Å². The summed E-state index contributed by atoms with van der Waals surface area (Å²) in [5.41, 5.74) is 0. The van der Waals surface area contributed by atoms with Gasteiger partial charge in [-0.3, -0.25) is 4.90 Å². The summed E-state index contributed by atoms with van der Waals surface area (Å²) in [6, 6.07) is -0.0399. The molecule has 0 aromatic carbocycles. The highest BCUT2D eigenvalue weighted by atomic mass is 19.4. The lowest BCUT2D eigenvalue weighted by Crippen LogP contribution is -2.52. The van der Waals surface area contributed by atoms with Gasteiger partial charge in [-0.2, -0.15) is 13.2 Å². The Kier molecular flexibility index (Phi) is 9.38. The molecule has 1 fully saturated rings. The van der Waals surface area contributed by atoms with Crippen LogP contribution in [0, 0.1) is 0 Å². The SMILES string of the molecule is CN(C)CCCNC(=O)N1CCN(CCCOCC(F)(F)F)CC1. The summed E-state index contributed by atoms with van der Waals surface area (Å²) in [6.45, 7) is 3.97. The molecule has 0 radical (unpaired) electrons. The smallest absolute Gasteiger partial charge is 0.372 e. The maximum atomic E-state index is 12.0. The van der Waals surface area contributed by atoms with Crippen LogP contribution in [-0.2, 0) is 4.74 Å². The molecule has 0 saturated carbocycles. The van der Waals surface area contributed by atoms with E-state index in [9.17, 15) is 18.0 Å². The molecule has 0 bridgehead atoms. The van der Waals surface area contributed by atoms with E-state index in [1.54, 1.807) is 4.90 Å². The number of nitrogens with zero attached hydrogens (tertiary/aromatic N) is 3. The van der Waals surface area contributed by atoms with Gasteiger partial charge in [0.15, 0.2) is 0 Å². The van der Waals surface area contributed by atoms with Gasteiger partial charge in [-0.25, -0.2) is 4.79 Å². The van der Waals surface area contributed by atoms with Gasteiger partial charge >= 0.3 is 12.2 Å². The second kappa shape index (κ2) is 10.7. The molecule has 2 amide bonds.